The molecule has 0 spiro atoms. The minimum Gasteiger partial charge on any atom is -0.480 e. The minimum atomic E-state index is -1.43. The van der Waals surface area contributed by atoms with E-state index < -0.39 is 61.1 Å². The Morgan fingerprint density at radius 1 is 1.12 bits per heavy atom. The zero-order valence-corrected chi connectivity index (χ0v) is 13.8. The van der Waals surface area contributed by atoms with Gasteiger partial charge in [-0.25, -0.2) is 0 Å². The molecule has 0 bridgehead atoms. The van der Waals surface area contributed by atoms with Gasteiger partial charge in [-0.1, -0.05) is 0 Å². The molecule has 0 aliphatic heterocycles. The van der Waals surface area contributed by atoms with Gasteiger partial charge in [0.2, 0.25) is 17.7 Å². The quantitative estimate of drug-likeness (QED) is 0.178. The standard InChI is InChI=1S/C12H22N4O7S/c1-5(18)9(16-10(21)6(13)3-17)12(23)15-7(4-24)11(22)14-2-8(19)20/h5-7,9,17-18,24H,2-4,13H2,1H3,(H,14,22)(H,15,23)(H,16,21)(H,19,20). The fraction of sp³-hybridized carbons (Fsp3) is 0.667. The fourth-order valence-electron chi connectivity index (χ4n) is 1.49. The summed E-state index contributed by atoms with van der Waals surface area (Å²) in [5, 5.41) is 33.4. The maximum absolute atomic E-state index is 12.1. The van der Waals surface area contributed by atoms with Crippen LogP contribution in [0.4, 0.5) is 0 Å². The van der Waals surface area contributed by atoms with E-state index in [1.54, 1.807) is 0 Å². The summed E-state index contributed by atoms with van der Waals surface area (Å²) < 4.78 is 0. The molecule has 0 aliphatic carbocycles. The van der Waals surface area contributed by atoms with Crippen LogP contribution in [0.1, 0.15) is 6.92 Å². The largest absolute Gasteiger partial charge is 0.480 e. The van der Waals surface area contributed by atoms with Crippen molar-refractivity contribution in [3.63, 3.8) is 0 Å². The van der Waals surface area contributed by atoms with Gasteiger partial charge in [0.15, 0.2) is 0 Å². The van der Waals surface area contributed by atoms with Crippen LogP contribution in [0.2, 0.25) is 0 Å². The summed E-state index contributed by atoms with van der Waals surface area (Å²) in [5.41, 5.74) is 5.30. The van der Waals surface area contributed by atoms with E-state index in [4.69, 9.17) is 15.9 Å². The van der Waals surface area contributed by atoms with Crippen molar-refractivity contribution in [1.82, 2.24) is 16.0 Å². The van der Waals surface area contributed by atoms with Crippen LogP contribution in [0.15, 0.2) is 0 Å². The topological polar surface area (TPSA) is 191 Å². The van der Waals surface area contributed by atoms with Gasteiger partial charge >= 0.3 is 5.97 Å². The molecule has 24 heavy (non-hydrogen) atoms. The monoisotopic (exact) mass is 366 g/mol. The number of aliphatic hydroxyl groups is 2. The molecule has 11 nitrogen and oxygen atoms in total. The number of carboxylic acid groups (broad SMARTS) is 1. The molecule has 0 saturated carbocycles. The summed E-state index contributed by atoms with van der Waals surface area (Å²) in [6.45, 7) is -0.0626. The molecule has 0 fully saturated rings. The van der Waals surface area contributed by atoms with E-state index >= 15 is 0 Å². The number of aliphatic hydroxyl groups excluding tert-OH is 2. The molecule has 0 aliphatic rings. The number of rotatable bonds is 10. The number of nitrogens with two attached hydrogens (primary N) is 1. The molecule has 0 aromatic rings. The van der Waals surface area contributed by atoms with Gasteiger partial charge in [0.25, 0.3) is 0 Å². The fourth-order valence-corrected chi connectivity index (χ4v) is 1.75. The molecule has 0 aromatic carbocycles. The molecule has 3 amide bonds. The van der Waals surface area contributed by atoms with Crippen LogP contribution < -0.4 is 21.7 Å². The second-order valence-electron chi connectivity index (χ2n) is 4.87. The summed E-state index contributed by atoms with van der Waals surface area (Å²) in [6, 6.07) is -3.88. The highest BCUT2D eigenvalue weighted by molar-refractivity contribution is 7.80. The first kappa shape index (κ1) is 22.1. The van der Waals surface area contributed by atoms with Crippen molar-refractivity contribution in [1.29, 1.82) is 0 Å². The number of amides is 3. The van der Waals surface area contributed by atoms with E-state index in [2.05, 4.69) is 28.6 Å². The number of nitrogens with one attached hydrogen (secondary N) is 3. The van der Waals surface area contributed by atoms with Crippen LogP contribution in [0.5, 0.6) is 0 Å². The Bertz CT molecular complexity index is 474. The number of carbonyl (C=O) groups is 4. The highest BCUT2D eigenvalue weighted by Crippen LogP contribution is 1.98. The van der Waals surface area contributed by atoms with Gasteiger partial charge in [0.1, 0.15) is 24.7 Å². The summed E-state index contributed by atoms with van der Waals surface area (Å²) in [7, 11) is 0. The summed E-state index contributed by atoms with van der Waals surface area (Å²) in [6.07, 6.45) is -1.32. The number of thiol groups is 1. The lowest BCUT2D eigenvalue weighted by Gasteiger charge is -2.24. The summed E-state index contributed by atoms with van der Waals surface area (Å²) in [5.74, 6) is -3.96. The van der Waals surface area contributed by atoms with Crippen LogP contribution >= 0.6 is 12.6 Å². The third-order valence-corrected chi connectivity index (χ3v) is 3.19. The Morgan fingerprint density at radius 2 is 1.71 bits per heavy atom. The van der Waals surface area contributed by atoms with Crippen molar-refractivity contribution >= 4 is 36.3 Å². The average Bonchev–Trinajstić information content (AvgIpc) is 2.53. The van der Waals surface area contributed by atoms with Crippen LogP contribution in [-0.4, -0.2) is 82.1 Å². The molecular formula is C12H22N4O7S. The van der Waals surface area contributed by atoms with Crippen LogP contribution in [0, 0.1) is 0 Å². The van der Waals surface area contributed by atoms with Crippen molar-refractivity contribution in [3.05, 3.63) is 0 Å². The number of aliphatic carboxylic acids is 1. The number of carboxylic acids is 1. The molecule has 0 saturated heterocycles. The molecular weight excluding hydrogens is 344 g/mol. The second kappa shape index (κ2) is 10.8. The van der Waals surface area contributed by atoms with Crippen LogP contribution in [0.25, 0.3) is 0 Å². The lowest BCUT2D eigenvalue weighted by atomic mass is 10.1. The third-order valence-electron chi connectivity index (χ3n) is 2.83. The third kappa shape index (κ3) is 7.59. The van der Waals surface area contributed by atoms with Crippen molar-refractivity contribution < 1.29 is 34.5 Å². The van der Waals surface area contributed by atoms with E-state index in [9.17, 15) is 24.3 Å². The molecule has 4 unspecified atom stereocenters. The Labute approximate surface area is 143 Å². The first-order valence-electron chi connectivity index (χ1n) is 6.89. The van der Waals surface area contributed by atoms with Crippen LogP contribution in [0.3, 0.4) is 0 Å². The maximum Gasteiger partial charge on any atom is 0.322 e. The Kier molecular flexibility index (Phi) is 9.95. The van der Waals surface area contributed by atoms with Gasteiger partial charge < -0.3 is 37.0 Å². The van der Waals surface area contributed by atoms with E-state index in [1.165, 1.54) is 6.92 Å². The number of hydrogen-bond acceptors (Lipinski definition) is 8. The smallest absolute Gasteiger partial charge is 0.322 e. The average molecular weight is 366 g/mol. The highest BCUT2D eigenvalue weighted by atomic mass is 32.1. The lowest BCUT2D eigenvalue weighted by Crippen LogP contribution is -2.59. The van der Waals surface area contributed by atoms with Crippen LogP contribution in [-0.2, 0) is 19.2 Å². The van der Waals surface area contributed by atoms with Gasteiger partial charge in [0, 0.05) is 5.75 Å². The van der Waals surface area contributed by atoms with Gasteiger partial charge in [-0.3, -0.25) is 19.2 Å². The van der Waals surface area contributed by atoms with Gasteiger partial charge in [-0.05, 0) is 6.92 Å². The Morgan fingerprint density at radius 3 is 2.12 bits per heavy atom. The summed E-state index contributed by atoms with van der Waals surface area (Å²) >= 11 is 3.89. The van der Waals surface area contributed by atoms with Gasteiger partial charge in [-0.15, -0.1) is 0 Å². The number of hydrogen-bond donors (Lipinski definition) is 8. The minimum absolute atomic E-state index is 0.145. The Hall–Kier alpha value is -1.89. The predicted molar refractivity (Wildman–Crippen MR) is 85.1 cm³/mol. The predicted octanol–water partition coefficient (Wildman–Crippen LogP) is -4.21. The molecule has 0 aromatic heterocycles. The first-order chi connectivity index (χ1) is 11.1. The zero-order chi connectivity index (χ0) is 18.9. The molecule has 0 heterocycles. The SMILES string of the molecule is CC(O)C(NC(=O)C(N)CO)C(=O)NC(CS)C(=O)NCC(=O)O. The van der Waals surface area contributed by atoms with Gasteiger partial charge in [-0.2, -0.15) is 12.6 Å². The molecule has 12 heteroatoms. The molecule has 8 N–H and O–H groups in total. The van der Waals surface area contributed by atoms with Gasteiger partial charge in [0.05, 0.1) is 12.7 Å². The molecule has 0 rings (SSSR count). The van der Waals surface area contributed by atoms with Crippen molar-refractivity contribution in [3.8, 4) is 0 Å². The van der Waals surface area contributed by atoms with Crippen molar-refractivity contribution in [2.75, 3.05) is 18.9 Å². The van der Waals surface area contributed by atoms with E-state index in [0.29, 0.717) is 0 Å². The van der Waals surface area contributed by atoms with E-state index in [-0.39, 0.29) is 5.75 Å². The normalized spacial score (nSPS) is 15.5. The molecule has 138 valence electrons. The Balaban J connectivity index is 4.87. The second-order valence-corrected chi connectivity index (χ2v) is 5.24. The molecule has 4 atom stereocenters. The maximum atomic E-state index is 12.1. The first-order valence-corrected chi connectivity index (χ1v) is 7.52. The van der Waals surface area contributed by atoms with Crippen molar-refractivity contribution in [2.45, 2.75) is 31.2 Å². The summed E-state index contributed by atoms with van der Waals surface area (Å²) in [4.78, 5) is 45.9. The van der Waals surface area contributed by atoms with E-state index in [1.807, 2.05) is 0 Å². The highest BCUT2D eigenvalue weighted by Gasteiger charge is 2.30. The van der Waals surface area contributed by atoms with Crippen molar-refractivity contribution in [2.24, 2.45) is 5.73 Å². The van der Waals surface area contributed by atoms with E-state index in [0.717, 1.165) is 0 Å². The lowest BCUT2D eigenvalue weighted by molar-refractivity contribution is -0.138. The molecule has 0 radical (unpaired) electrons. The zero-order valence-electron chi connectivity index (χ0n) is 12.9. The number of carbonyl (C=O) groups excluding carboxylic acids is 3.